The highest BCUT2D eigenvalue weighted by atomic mass is 32.2. The van der Waals surface area contributed by atoms with Crippen molar-refractivity contribution >= 4 is 64.2 Å². The Morgan fingerprint density at radius 2 is 1.81 bits per heavy atom. The largest absolute Gasteiger partial charge is 0.297 e. The molecule has 1 saturated heterocycles. The molecule has 0 unspecified atom stereocenters. The monoisotopic (exact) mass is 487 g/mol. The first-order chi connectivity index (χ1) is 15.2. The van der Waals surface area contributed by atoms with E-state index < -0.39 is 10.0 Å². The molecule has 4 heterocycles. The number of hydrogen-bond donors (Lipinski definition) is 1. The second-order valence-electron chi connectivity index (χ2n) is 7.81. The van der Waals surface area contributed by atoms with Crippen LogP contribution >= 0.6 is 22.7 Å². The van der Waals surface area contributed by atoms with Crippen LogP contribution in [0, 0.1) is 20.8 Å². The third-order valence-electron chi connectivity index (χ3n) is 5.57. The summed E-state index contributed by atoms with van der Waals surface area (Å²) < 4.78 is 27.9. The van der Waals surface area contributed by atoms with Crippen molar-refractivity contribution < 1.29 is 13.2 Å². The SMILES string of the molecule is Cc1nc(C)c2c(C)c(C(=O)Nc3nc4ccc(S(=O)(=O)N5CCCC5)cc4s3)sc2n1. The molecule has 8 nitrogen and oxygen atoms in total. The van der Waals surface area contributed by atoms with E-state index in [0.717, 1.165) is 34.3 Å². The van der Waals surface area contributed by atoms with E-state index in [4.69, 9.17) is 0 Å². The number of anilines is 1. The predicted molar refractivity (Wildman–Crippen MR) is 127 cm³/mol. The summed E-state index contributed by atoms with van der Waals surface area (Å²) in [5, 5.41) is 4.20. The smallest absolute Gasteiger partial charge is 0.267 e. The van der Waals surface area contributed by atoms with E-state index in [1.54, 1.807) is 18.2 Å². The van der Waals surface area contributed by atoms with Gasteiger partial charge in [0.2, 0.25) is 10.0 Å². The number of amides is 1. The second-order valence-corrected chi connectivity index (χ2v) is 11.8. The molecule has 166 valence electrons. The summed E-state index contributed by atoms with van der Waals surface area (Å²) in [5.41, 5.74) is 2.35. The number of nitrogens with zero attached hydrogens (tertiary/aromatic N) is 4. The maximum Gasteiger partial charge on any atom is 0.267 e. The van der Waals surface area contributed by atoms with Crippen molar-refractivity contribution in [3.63, 3.8) is 0 Å². The Balaban J connectivity index is 1.44. The van der Waals surface area contributed by atoms with Gasteiger partial charge in [-0.15, -0.1) is 11.3 Å². The lowest BCUT2D eigenvalue weighted by molar-refractivity contribution is 0.103. The summed E-state index contributed by atoms with van der Waals surface area (Å²) in [6.45, 7) is 6.76. The second kappa shape index (κ2) is 7.84. The van der Waals surface area contributed by atoms with E-state index in [1.165, 1.54) is 27.0 Å². The molecule has 0 saturated carbocycles. The lowest BCUT2D eigenvalue weighted by Crippen LogP contribution is -2.27. The number of aromatic nitrogens is 3. The van der Waals surface area contributed by atoms with Crippen molar-refractivity contribution in [3.8, 4) is 0 Å². The van der Waals surface area contributed by atoms with Crippen molar-refractivity contribution in [1.82, 2.24) is 19.3 Å². The molecule has 4 aromatic rings. The predicted octanol–water partition coefficient (Wildman–Crippen LogP) is 4.26. The molecule has 3 aromatic heterocycles. The summed E-state index contributed by atoms with van der Waals surface area (Å²) in [5.74, 6) is 0.417. The first-order valence-electron chi connectivity index (χ1n) is 10.2. The number of aryl methyl sites for hydroxylation is 3. The fourth-order valence-electron chi connectivity index (χ4n) is 4.04. The molecule has 5 rings (SSSR count). The average molecular weight is 488 g/mol. The van der Waals surface area contributed by atoms with Gasteiger partial charge < -0.3 is 0 Å². The molecule has 0 radical (unpaired) electrons. The quantitative estimate of drug-likeness (QED) is 0.461. The van der Waals surface area contributed by atoms with Crippen molar-refractivity contribution in [2.45, 2.75) is 38.5 Å². The van der Waals surface area contributed by atoms with Crippen molar-refractivity contribution in [2.24, 2.45) is 0 Å². The van der Waals surface area contributed by atoms with Gasteiger partial charge in [-0.25, -0.2) is 23.4 Å². The molecule has 0 atom stereocenters. The average Bonchev–Trinajstić information content (AvgIpc) is 3.45. The lowest BCUT2D eigenvalue weighted by atomic mass is 10.1. The lowest BCUT2D eigenvalue weighted by Gasteiger charge is -2.15. The van der Waals surface area contributed by atoms with Gasteiger partial charge in [0.05, 0.1) is 20.0 Å². The highest BCUT2D eigenvalue weighted by molar-refractivity contribution is 7.89. The number of sulfonamides is 1. The molecule has 0 bridgehead atoms. The Morgan fingerprint density at radius 3 is 2.56 bits per heavy atom. The fourth-order valence-corrected chi connectivity index (χ4v) is 7.73. The van der Waals surface area contributed by atoms with Crippen molar-refractivity contribution in [1.29, 1.82) is 0 Å². The van der Waals surface area contributed by atoms with Gasteiger partial charge in [-0.3, -0.25) is 10.1 Å². The molecule has 1 N–H and O–H groups in total. The van der Waals surface area contributed by atoms with E-state index in [1.807, 2.05) is 20.8 Å². The Kier molecular flexibility index (Phi) is 5.24. The van der Waals surface area contributed by atoms with E-state index in [-0.39, 0.29) is 10.8 Å². The van der Waals surface area contributed by atoms with Crippen LogP contribution in [0.5, 0.6) is 0 Å². The number of fused-ring (bicyclic) bond motifs is 2. The Morgan fingerprint density at radius 1 is 1.06 bits per heavy atom. The van der Waals surface area contributed by atoms with Crippen LogP contribution in [0.1, 0.15) is 39.6 Å². The maximum atomic E-state index is 13.0. The molecular weight excluding hydrogens is 466 g/mol. The van der Waals surface area contributed by atoms with Gasteiger partial charge in [-0.1, -0.05) is 11.3 Å². The zero-order valence-electron chi connectivity index (χ0n) is 17.8. The standard InChI is InChI=1S/C21H21N5O3S3/c1-11-17-12(2)22-13(3)23-20(17)31-18(11)19(27)25-21-24-15-7-6-14(10-16(15)30-21)32(28,29)26-8-4-5-9-26/h6-7,10H,4-5,8-9H2,1-3H3,(H,24,25,27). The van der Waals surface area contributed by atoms with Gasteiger partial charge in [-0.05, 0) is 57.4 Å². The van der Waals surface area contributed by atoms with Gasteiger partial charge >= 0.3 is 0 Å². The molecule has 1 fully saturated rings. The molecule has 0 aliphatic carbocycles. The van der Waals surface area contributed by atoms with E-state index in [9.17, 15) is 13.2 Å². The number of thiazole rings is 1. The molecule has 1 aromatic carbocycles. The first kappa shape index (κ1) is 21.4. The minimum atomic E-state index is -3.50. The van der Waals surface area contributed by atoms with E-state index in [2.05, 4.69) is 20.3 Å². The number of nitrogens with one attached hydrogen (secondary N) is 1. The van der Waals surface area contributed by atoms with Gasteiger partial charge in [0.15, 0.2) is 5.13 Å². The number of benzene rings is 1. The zero-order chi connectivity index (χ0) is 22.6. The molecule has 1 aliphatic heterocycles. The molecule has 0 spiro atoms. The number of hydrogen-bond acceptors (Lipinski definition) is 8. The summed E-state index contributed by atoms with van der Waals surface area (Å²) >= 11 is 2.60. The number of thiophene rings is 1. The highest BCUT2D eigenvalue weighted by Gasteiger charge is 2.27. The summed E-state index contributed by atoms with van der Waals surface area (Å²) in [4.78, 5) is 28.0. The topological polar surface area (TPSA) is 105 Å². The van der Waals surface area contributed by atoms with E-state index in [0.29, 0.717) is 39.1 Å². The highest BCUT2D eigenvalue weighted by Crippen LogP contribution is 2.34. The fraction of sp³-hybridized carbons (Fsp3) is 0.333. The van der Waals surface area contributed by atoms with Gasteiger partial charge in [-0.2, -0.15) is 4.31 Å². The van der Waals surface area contributed by atoms with Crippen molar-refractivity contribution in [2.75, 3.05) is 18.4 Å². The van der Waals surface area contributed by atoms with Crippen LogP contribution in [0.4, 0.5) is 5.13 Å². The third kappa shape index (κ3) is 3.58. The van der Waals surface area contributed by atoms with Crippen LogP contribution in [0.3, 0.4) is 0 Å². The normalized spacial score (nSPS) is 15.1. The van der Waals surface area contributed by atoms with Crippen molar-refractivity contribution in [3.05, 3.63) is 40.2 Å². The zero-order valence-corrected chi connectivity index (χ0v) is 20.2. The summed E-state index contributed by atoms with van der Waals surface area (Å²) in [7, 11) is -3.50. The number of rotatable bonds is 4. The van der Waals surface area contributed by atoms with Crippen LogP contribution in [0.2, 0.25) is 0 Å². The molecule has 1 amide bonds. The Bertz CT molecular complexity index is 1480. The molecule has 1 aliphatic rings. The van der Waals surface area contributed by atoms with Crippen LogP contribution in [-0.2, 0) is 10.0 Å². The summed E-state index contributed by atoms with van der Waals surface area (Å²) in [6.07, 6.45) is 1.78. The minimum Gasteiger partial charge on any atom is -0.297 e. The van der Waals surface area contributed by atoms with Gasteiger partial charge in [0.1, 0.15) is 10.7 Å². The molecule has 32 heavy (non-hydrogen) atoms. The number of carbonyl (C=O) groups is 1. The number of carbonyl (C=O) groups excluding carboxylic acids is 1. The summed E-state index contributed by atoms with van der Waals surface area (Å²) in [6, 6.07) is 4.92. The third-order valence-corrected chi connectivity index (χ3v) is 9.58. The maximum absolute atomic E-state index is 13.0. The Hall–Kier alpha value is -2.47. The minimum absolute atomic E-state index is 0.258. The first-order valence-corrected chi connectivity index (χ1v) is 13.3. The van der Waals surface area contributed by atoms with Crippen LogP contribution < -0.4 is 5.32 Å². The molecule has 11 heteroatoms. The van der Waals surface area contributed by atoms with Crippen LogP contribution in [0.15, 0.2) is 23.1 Å². The van der Waals surface area contributed by atoms with Gasteiger partial charge in [0, 0.05) is 24.2 Å². The van der Waals surface area contributed by atoms with Gasteiger partial charge in [0.25, 0.3) is 5.91 Å². The van der Waals surface area contributed by atoms with E-state index >= 15 is 0 Å². The van der Waals surface area contributed by atoms with Crippen LogP contribution in [0.25, 0.3) is 20.4 Å². The van der Waals surface area contributed by atoms with Crippen LogP contribution in [-0.4, -0.2) is 46.7 Å². The molecular formula is C21H21N5O3S3. The Labute approximate surface area is 193 Å².